The Hall–Kier alpha value is -2.44. The molecule has 0 bridgehead atoms. The first kappa shape index (κ1) is 29.8. The van der Waals surface area contributed by atoms with Gasteiger partial charge in [0.25, 0.3) is 5.91 Å². The number of nitrogens with one attached hydrogen (secondary N) is 2. The fourth-order valence-corrected chi connectivity index (χ4v) is 3.34. The summed E-state index contributed by atoms with van der Waals surface area (Å²) in [6, 6.07) is 6.12. The smallest absolute Gasteiger partial charge is 0.435 e. The first-order chi connectivity index (χ1) is 16.3. The third-order valence-corrected chi connectivity index (χ3v) is 5.00. The number of halogens is 10. The van der Waals surface area contributed by atoms with Crippen LogP contribution >= 0.6 is 34.8 Å². The number of benzene rings is 2. The minimum absolute atomic E-state index is 0.0903. The number of hydrogen-bond acceptors (Lipinski definition) is 3. The molecule has 0 fully saturated rings. The van der Waals surface area contributed by atoms with Crippen LogP contribution in [0.15, 0.2) is 36.4 Å². The van der Waals surface area contributed by atoms with E-state index >= 15 is 0 Å². The molecule has 0 spiro atoms. The normalized spacial score (nSPS) is 12.8. The van der Waals surface area contributed by atoms with Gasteiger partial charge in [0.2, 0.25) is 3.79 Å². The van der Waals surface area contributed by atoms with E-state index in [9.17, 15) is 40.3 Å². The molecule has 2 rings (SSSR count). The third kappa shape index (κ3) is 6.86. The number of rotatable bonds is 5. The van der Waals surface area contributed by atoms with Crippen LogP contribution in [-0.2, 0) is 10.4 Å². The van der Waals surface area contributed by atoms with E-state index < -0.39 is 46.0 Å². The average molecular weight is 584 g/mol. The zero-order chi connectivity index (χ0) is 27.7. The zero-order valence-electron chi connectivity index (χ0n) is 18.2. The molecule has 2 aromatic carbocycles. The van der Waals surface area contributed by atoms with Crippen LogP contribution in [-0.4, -0.2) is 34.8 Å². The van der Waals surface area contributed by atoms with Crippen molar-refractivity contribution in [3.05, 3.63) is 58.7 Å². The third-order valence-electron chi connectivity index (χ3n) is 4.67. The second kappa shape index (κ2) is 10.5. The summed E-state index contributed by atoms with van der Waals surface area (Å²) in [6.45, 7) is 1.58. The van der Waals surface area contributed by atoms with Crippen LogP contribution in [0.5, 0.6) is 0 Å². The van der Waals surface area contributed by atoms with Gasteiger partial charge in [0, 0.05) is 22.5 Å². The second-order valence-electron chi connectivity index (χ2n) is 7.49. The predicted octanol–water partition coefficient (Wildman–Crippen LogP) is 7.76. The van der Waals surface area contributed by atoms with Gasteiger partial charge in [-0.15, -0.1) is 0 Å². The highest BCUT2D eigenvalue weighted by atomic mass is 35.6. The van der Waals surface area contributed by atoms with Crippen LogP contribution in [0.3, 0.4) is 0 Å². The molecule has 198 valence electrons. The van der Waals surface area contributed by atoms with Crippen LogP contribution in [0.1, 0.15) is 27.0 Å². The maximum absolute atomic E-state index is 14.4. The van der Waals surface area contributed by atoms with Crippen molar-refractivity contribution in [3.8, 4) is 0 Å². The van der Waals surface area contributed by atoms with Gasteiger partial charge in [-0.3, -0.25) is 10.1 Å². The Kier molecular flexibility index (Phi) is 8.69. The molecule has 0 saturated heterocycles. The lowest BCUT2D eigenvalue weighted by Crippen LogP contribution is -2.50. The topological polar surface area (TPSA) is 67.4 Å². The first-order valence-corrected chi connectivity index (χ1v) is 10.8. The van der Waals surface area contributed by atoms with E-state index in [1.54, 1.807) is 0 Å². The van der Waals surface area contributed by atoms with Crippen LogP contribution in [0.4, 0.5) is 46.9 Å². The molecule has 0 aliphatic rings. The molecule has 0 aliphatic heterocycles. The minimum Gasteiger partial charge on any atom is -0.445 e. The number of anilines is 2. The van der Waals surface area contributed by atoms with E-state index in [2.05, 4.69) is 10.6 Å². The summed E-state index contributed by atoms with van der Waals surface area (Å²) in [4.78, 5) is 24.5. The van der Waals surface area contributed by atoms with Gasteiger partial charge in [-0.25, -0.2) is 9.18 Å². The summed E-state index contributed by atoms with van der Waals surface area (Å²) in [5, 5.41) is 4.70. The summed E-state index contributed by atoms with van der Waals surface area (Å²) in [5.41, 5.74) is -8.05. The van der Waals surface area contributed by atoms with Gasteiger partial charge in [0.15, 0.2) is 0 Å². The van der Waals surface area contributed by atoms with Gasteiger partial charge in [-0.1, -0.05) is 53.0 Å². The van der Waals surface area contributed by atoms with Crippen LogP contribution in [0.25, 0.3) is 0 Å². The molecule has 0 aromatic heterocycles. The Morgan fingerprint density at radius 3 is 1.75 bits per heavy atom. The highest BCUT2D eigenvalue weighted by Crippen LogP contribution is 2.53. The largest absolute Gasteiger partial charge is 0.445 e. The summed E-state index contributed by atoms with van der Waals surface area (Å²) in [5.74, 6) is -0.907. The molecule has 0 saturated carbocycles. The van der Waals surface area contributed by atoms with E-state index in [-0.39, 0.29) is 28.1 Å². The lowest BCUT2D eigenvalue weighted by atomic mass is 9.88. The van der Waals surface area contributed by atoms with Crippen LogP contribution in [0, 0.1) is 13.8 Å². The molecule has 36 heavy (non-hydrogen) atoms. The van der Waals surface area contributed by atoms with Gasteiger partial charge < -0.3 is 10.1 Å². The van der Waals surface area contributed by atoms with Crippen molar-refractivity contribution in [2.75, 3.05) is 17.2 Å². The van der Waals surface area contributed by atoms with E-state index in [0.29, 0.717) is 12.1 Å². The van der Waals surface area contributed by atoms with Crippen molar-refractivity contribution in [1.82, 2.24) is 0 Å². The Morgan fingerprint density at radius 1 is 0.833 bits per heavy atom. The van der Waals surface area contributed by atoms with Gasteiger partial charge >= 0.3 is 24.1 Å². The quantitative estimate of drug-likeness (QED) is 0.279. The Balaban J connectivity index is 2.29. The number of carbonyl (C=O) groups excluding carboxylic acids is 2. The van der Waals surface area contributed by atoms with Crippen molar-refractivity contribution in [3.63, 3.8) is 0 Å². The molecule has 0 radical (unpaired) electrons. The van der Waals surface area contributed by atoms with Crippen molar-refractivity contribution in [1.29, 1.82) is 0 Å². The molecule has 2 N–H and O–H groups in total. The molecule has 0 heterocycles. The lowest BCUT2D eigenvalue weighted by molar-refractivity contribution is -0.348. The molecular weight excluding hydrogens is 568 g/mol. The Labute approximate surface area is 214 Å². The number of ether oxygens (including phenoxy) is 1. The van der Waals surface area contributed by atoms with Crippen molar-refractivity contribution in [2.45, 2.75) is 35.7 Å². The standard InChI is InChI=1S/C21H16Cl3F7N2O3/c1-10-6-12(19(25,20(26,27)28)21(29,30)31)7-11(2)15(10)16(34)32-13-4-3-5-14(8-13)33-17(35)36-9-18(22,23)24/h3-8H,9H2,1-2H3,(H,32,34)(H,33,35). The predicted molar refractivity (Wildman–Crippen MR) is 120 cm³/mol. The number of hydrogen-bond donors (Lipinski definition) is 2. The molecule has 5 nitrogen and oxygen atoms in total. The van der Waals surface area contributed by atoms with E-state index in [0.717, 1.165) is 13.8 Å². The van der Waals surface area contributed by atoms with Crippen molar-refractivity contribution >= 4 is 58.2 Å². The number of alkyl halides is 10. The summed E-state index contributed by atoms with van der Waals surface area (Å²) in [6.07, 6.45) is -13.6. The van der Waals surface area contributed by atoms with Gasteiger partial charge in [-0.05, 0) is 43.2 Å². The Morgan fingerprint density at radius 2 is 1.31 bits per heavy atom. The van der Waals surface area contributed by atoms with E-state index in [1.807, 2.05) is 0 Å². The molecule has 15 heteroatoms. The monoisotopic (exact) mass is 582 g/mol. The molecular formula is C21H16Cl3F7N2O3. The number of carbonyl (C=O) groups is 2. The zero-order valence-corrected chi connectivity index (χ0v) is 20.4. The summed E-state index contributed by atoms with van der Waals surface area (Å²) >= 11 is 16.4. The van der Waals surface area contributed by atoms with E-state index in [4.69, 9.17) is 39.5 Å². The van der Waals surface area contributed by atoms with Gasteiger partial charge in [0.05, 0.1) is 0 Å². The molecule has 2 aromatic rings. The number of aryl methyl sites for hydroxylation is 2. The maximum Gasteiger partial charge on any atom is 0.435 e. The Bertz CT molecular complexity index is 1110. The minimum atomic E-state index is -6.29. The summed E-state index contributed by atoms with van der Waals surface area (Å²) in [7, 11) is 0. The fourth-order valence-electron chi connectivity index (χ4n) is 3.18. The molecule has 2 amide bonds. The van der Waals surface area contributed by atoms with Gasteiger partial charge in [0.1, 0.15) is 6.61 Å². The molecule has 0 atom stereocenters. The average Bonchev–Trinajstić information content (AvgIpc) is 2.69. The van der Waals surface area contributed by atoms with Gasteiger partial charge in [-0.2, -0.15) is 26.3 Å². The van der Waals surface area contributed by atoms with Crippen molar-refractivity contribution in [2.24, 2.45) is 0 Å². The highest BCUT2D eigenvalue weighted by molar-refractivity contribution is 6.67. The summed E-state index contributed by atoms with van der Waals surface area (Å²) < 4.78 is 95.9. The number of amides is 2. The maximum atomic E-state index is 14.4. The molecule has 0 unspecified atom stereocenters. The first-order valence-electron chi connectivity index (χ1n) is 9.62. The highest BCUT2D eigenvalue weighted by Gasteiger charge is 2.73. The fraction of sp³-hybridized carbons (Fsp3) is 0.333. The van der Waals surface area contributed by atoms with E-state index in [1.165, 1.54) is 24.3 Å². The SMILES string of the molecule is Cc1cc(C(F)(C(F)(F)F)C(F)(F)F)cc(C)c1C(=O)Nc1cccc(NC(=O)OCC(Cl)(Cl)Cl)c1. The van der Waals surface area contributed by atoms with Crippen LogP contribution < -0.4 is 10.6 Å². The second-order valence-corrected chi connectivity index (χ2v) is 10.0. The lowest BCUT2D eigenvalue weighted by Gasteiger charge is -2.31. The van der Waals surface area contributed by atoms with Crippen molar-refractivity contribution < 1.29 is 45.1 Å². The van der Waals surface area contributed by atoms with Crippen LogP contribution in [0.2, 0.25) is 0 Å². The molecule has 0 aliphatic carbocycles.